The molecule has 0 spiro atoms. The predicted octanol–water partition coefficient (Wildman–Crippen LogP) is 2.68. The molecule has 1 aromatic carbocycles. The molecule has 0 amide bonds. The van der Waals surface area contributed by atoms with Gasteiger partial charge in [-0.05, 0) is 18.6 Å². The zero-order chi connectivity index (χ0) is 13.2. The summed E-state index contributed by atoms with van der Waals surface area (Å²) >= 11 is 0. The van der Waals surface area contributed by atoms with Crippen LogP contribution in [0.3, 0.4) is 0 Å². The molecule has 5 nitrogen and oxygen atoms in total. The van der Waals surface area contributed by atoms with Crippen molar-refractivity contribution in [3.05, 3.63) is 24.3 Å². The molecule has 1 rings (SSSR count). The summed E-state index contributed by atoms with van der Waals surface area (Å²) in [6, 6.07) is 10.6. The minimum absolute atomic E-state index is 0.215. The van der Waals surface area contributed by atoms with Gasteiger partial charge in [0.25, 0.3) is 0 Å². The van der Waals surface area contributed by atoms with Gasteiger partial charge in [-0.1, -0.05) is 19.4 Å². The third kappa shape index (κ3) is 4.54. The molecule has 0 aliphatic carbocycles. The van der Waals surface area contributed by atoms with Crippen molar-refractivity contribution < 1.29 is 4.74 Å². The average molecular weight is 242 g/mol. The largest absolute Gasteiger partial charge is 0.494 e. The van der Waals surface area contributed by atoms with Gasteiger partial charge in [0.1, 0.15) is 17.9 Å². The van der Waals surface area contributed by atoms with Crippen LogP contribution in [0.15, 0.2) is 29.4 Å². The lowest BCUT2D eigenvalue weighted by molar-refractivity contribution is 0.309. The maximum Gasteiger partial charge on any atom is 0.237 e. The first kappa shape index (κ1) is 13.5. The number of unbranched alkanes of at least 4 members (excludes halogenated alkanes) is 1. The third-order valence-corrected chi connectivity index (χ3v) is 2.11. The first-order valence-corrected chi connectivity index (χ1v) is 5.67. The van der Waals surface area contributed by atoms with Gasteiger partial charge < -0.3 is 4.74 Å². The lowest BCUT2D eigenvalue weighted by Gasteiger charge is -2.06. The van der Waals surface area contributed by atoms with Gasteiger partial charge in [0.05, 0.1) is 12.3 Å². The molecule has 0 radical (unpaired) electrons. The molecule has 0 unspecified atom stereocenters. The summed E-state index contributed by atoms with van der Waals surface area (Å²) in [5.74, 6) is 0.735. The second-order valence-corrected chi connectivity index (χ2v) is 3.53. The molecule has 0 aliphatic heterocycles. The number of hydrazone groups is 1. The lowest BCUT2D eigenvalue weighted by Crippen LogP contribution is -1.98. The van der Waals surface area contributed by atoms with Crippen LogP contribution in [-0.2, 0) is 0 Å². The van der Waals surface area contributed by atoms with Crippen LogP contribution in [0.1, 0.15) is 19.8 Å². The predicted molar refractivity (Wildman–Crippen MR) is 69.1 cm³/mol. The topological polar surface area (TPSA) is 81.2 Å². The van der Waals surface area contributed by atoms with Crippen LogP contribution in [0.2, 0.25) is 0 Å². The summed E-state index contributed by atoms with van der Waals surface area (Å²) in [5.41, 5.74) is 3.10. The fourth-order valence-corrected chi connectivity index (χ4v) is 1.19. The number of nitrogens with zero attached hydrogens (tertiary/aromatic N) is 3. The summed E-state index contributed by atoms with van der Waals surface area (Å²) in [6.07, 6.45) is 2.08. The molecule has 92 valence electrons. The molecular formula is C13H14N4O. The van der Waals surface area contributed by atoms with Gasteiger partial charge in [0, 0.05) is 6.07 Å². The number of hydrogen-bond donors (Lipinski definition) is 1. The molecule has 0 saturated heterocycles. The smallest absolute Gasteiger partial charge is 0.237 e. The number of hydrogen-bond acceptors (Lipinski definition) is 5. The molecule has 0 fully saturated rings. The molecule has 0 bridgehead atoms. The maximum absolute atomic E-state index is 8.53. The first-order valence-electron chi connectivity index (χ1n) is 5.67. The van der Waals surface area contributed by atoms with Crippen molar-refractivity contribution in [3.8, 4) is 17.9 Å². The monoisotopic (exact) mass is 242 g/mol. The minimum Gasteiger partial charge on any atom is -0.494 e. The third-order valence-electron chi connectivity index (χ3n) is 2.11. The fraction of sp³-hybridized carbons (Fsp3) is 0.308. The van der Waals surface area contributed by atoms with Crippen LogP contribution < -0.4 is 10.2 Å². The summed E-state index contributed by atoms with van der Waals surface area (Å²) in [6.45, 7) is 2.77. The molecule has 0 atom stereocenters. The van der Waals surface area contributed by atoms with Gasteiger partial charge >= 0.3 is 0 Å². The molecular weight excluding hydrogens is 228 g/mol. The number of nitrogens with one attached hydrogen (secondary N) is 1. The highest BCUT2D eigenvalue weighted by Crippen LogP contribution is 2.17. The molecule has 0 heterocycles. The van der Waals surface area contributed by atoms with Crippen molar-refractivity contribution in [2.24, 2.45) is 5.10 Å². The Labute approximate surface area is 106 Å². The van der Waals surface area contributed by atoms with Gasteiger partial charge in [-0.2, -0.15) is 15.6 Å². The summed E-state index contributed by atoms with van der Waals surface area (Å²) < 4.78 is 5.53. The second-order valence-electron chi connectivity index (χ2n) is 3.53. The minimum atomic E-state index is -0.215. The van der Waals surface area contributed by atoms with Crippen molar-refractivity contribution in [2.75, 3.05) is 12.0 Å². The van der Waals surface area contributed by atoms with Gasteiger partial charge in [-0.3, -0.25) is 5.43 Å². The fourth-order valence-electron chi connectivity index (χ4n) is 1.19. The lowest BCUT2D eigenvalue weighted by atomic mass is 10.3. The van der Waals surface area contributed by atoms with Crippen LogP contribution in [0.5, 0.6) is 5.75 Å². The van der Waals surface area contributed by atoms with Crippen LogP contribution >= 0.6 is 0 Å². The van der Waals surface area contributed by atoms with E-state index >= 15 is 0 Å². The van der Waals surface area contributed by atoms with Crippen molar-refractivity contribution in [1.82, 2.24) is 0 Å². The molecule has 1 aromatic rings. The molecule has 1 N–H and O–H groups in total. The Hall–Kier alpha value is -2.53. The first-order chi connectivity index (χ1) is 8.80. The molecule has 0 aromatic heterocycles. The molecule has 5 heteroatoms. The number of rotatable bonds is 6. The summed E-state index contributed by atoms with van der Waals surface area (Å²) in [4.78, 5) is 0. The zero-order valence-electron chi connectivity index (χ0n) is 10.2. The molecule has 0 aliphatic rings. The van der Waals surface area contributed by atoms with E-state index in [9.17, 15) is 0 Å². The van der Waals surface area contributed by atoms with E-state index in [-0.39, 0.29) is 5.71 Å². The summed E-state index contributed by atoms with van der Waals surface area (Å²) in [7, 11) is 0. The van der Waals surface area contributed by atoms with E-state index in [2.05, 4.69) is 17.5 Å². The van der Waals surface area contributed by atoms with Crippen LogP contribution in [0, 0.1) is 22.7 Å². The van der Waals surface area contributed by atoms with Gasteiger partial charge in [0.15, 0.2) is 0 Å². The quantitative estimate of drug-likeness (QED) is 0.472. The Kier molecular flexibility index (Phi) is 5.79. The van der Waals surface area contributed by atoms with Gasteiger partial charge in [-0.25, -0.2) is 0 Å². The highest BCUT2D eigenvalue weighted by Gasteiger charge is 1.97. The van der Waals surface area contributed by atoms with E-state index in [0.29, 0.717) is 12.3 Å². The van der Waals surface area contributed by atoms with E-state index in [1.165, 1.54) is 0 Å². The van der Waals surface area contributed by atoms with E-state index in [0.717, 1.165) is 18.6 Å². The Morgan fingerprint density at radius 2 is 2.17 bits per heavy atom. The molecule has 0 saturated carbocycles. The highest BCUT2D eigenvalue weighted by molar-refractivity contribution is 6.10. The number of nitriles is 2. The van der Waals surface area contributed by atoms with Crippen molar-refractivity contribution in [3.63, 3.8) is 0 Å². The standard InChI is InChI=1S/C13H14N4O/c1-2-3-7-18-13-6-4-5-11(8-13)16-17-12(9-14)10-15/h4-6,8,16H,2-3,7H2,1H3. The second kappa shape index (κ2) is 7.70. The van der Waals surface area contributed by atoms with Crippen LogP contribution in [-0.4, -0.2) is 12.3 Å². The van der Waals surface area contributed by atoms with Crippen molar-refractivity contribution in [2.45, 2.75) is 19.8 Å². The Morgan fingerprint density at radius 1 is 1.39 bits per heavy atom. The van der Waals surface area contributed by atoms with Crippen LogP contribution in [0.4, 0.5) is 5.69 Å². The SMILES string of the molecule is CCCCOc1cccc(NN=C(C#N)C#N)c1. The maximum atomic E-state index is 8.53. The average Bonchev–Trinajstić information content (AvgIpc) is 2.41. The van der Waals surface area contributed by atoms with E-state index in [1.54, 1.807) is 24.3 Å². The Balaban J connectivity index is 2.63. The highest BCUT2D eigenvalue weighted by atomic mass is 16.5. The van der Waals surface area contributed by atoms with Crippen molar-refractivity contribution in [1.29, 1.82) is 10.5 Å². The summed E-state index contributed by atoms with van der Waals surface area (Å²) in [5, 5.41) is 20.7. The Bertz CT molecular complexity index is 480. The van der Waals surface area contributed by atoms with E-state index < -0.39 is 0 Å². The van der Waals surface area contributed by atoms with Crippen LogP contribution in [0.25, 0.3) is 0 Å². The normalized spacial score (nSPS) is 8.83. The van der Waals surface area contributed by atoms with Gasteiger partial charge in [-0.15, -0.1) is 0 Å². The van der Waals surface area contributed by atoms with Gasteiger partial charge in [0.2, 0.25) is 5.71 Å². The van der Waals surface area contributed by atoms with Crippen molar-refractivity contribution >= 4 is 11.4 Å². The molecule has 18 heavy (non-hydrogen) atoms. The number of anilines is 1. The number of ether oxygens (including phenoxy) is 1. The Morgan fingerprint density at radius 3 is 2.83 bits per heavy atom. The number of benzene rings is 1. The van der Waals surface area contributed by atoms with E-state index in [4.69, 9.17) is 15.3 Å². The zero-order valence-corrected chi connectivity index (χ0v) is 10.2. The van der Waals surface area contributed by atoms with E-state index in [1.807, 2.05) is 12.1 Å².